The molecule has 3 aromatic rings. The summed E-state index contributed by atoms with van der Waals surface area (Å²) in [6.45, 7) is 2.92. The first-order chi connectivity index (χ1) is 17.6. The van der Waals surface area contributed by atoms with Crippen LogP contribution in [0.5, 0.6) is 17.2 Å². The molecule has 1 atom stereocenters. The minimum atomic E-state index is -0.630. The molecule has 1 saturated heterocycles. The first kappa shape index (κ1) is 22.8. The van der Waals surface area contributed by atoms with Crippen LogP contribution >= 0.6 is 0 Å². The van der Waals surface area contributed by atoms with E-state index in [1.807, 2.05) is 36.4 Å². The van der Waals surface area contributed by atoms with Gasteiger partial charge in [-0.05, 0) is 61.5 Å². The summed E-state index contributed by atoms with van der Waals surface area (Å²) in [4.78, 5) is 30.0. The van der Waals surface area contributed by atoms with E-state index in [0.717, 1.165) is 36.7 Å². The van der Waals surface area contributed by atoms with Gasteiger partial charge in [0.25, 0.3) is 11.8 Å². The number of carbonyl (C=O) groups excluding carboxylic acids is 2. The predicted octanol–water partition coefficient (Wildman–Crippen LogP) is 3.32. The number of benzene rings is 3. The highest BCUT2D eigenvalue weighted by molar-refractivity contribution is 6.25. The van der Waals surface area contributed by atoms with Crippen LogP contribution in [-0.4, -0.2) is 72.4 Å². The van der Waals surface area contributed by atoms with Crippen LogP contribution in [0.4, 0.5) is 0 Å². The fourth-order valence-electron chi connectivity index (χ4n) is 5.37. The van der Waals surface area contributed by atoms with Crippen LogP contribution < -0.4 is 14.2 Å². The SMILES string of the molecule is O=C1c2cccc3cccc(c23)C(=O)N1CC1CCN(C[C@H](O)COc2ccc3c(c2)OCO3)CC1. The number of hydrogen-bond acceptors (Lipinski definition) is 7. The molecule has 3 heterocycles. The molecule has 6 rings (SSSR count). The Bertz CT molecular complexity index is 1270. The number of ether oxygens (including phenoxy) is 3. The number of β-amino-alcohol motifs (C(OH)–C–C–N with tert-alkyl or cyclic N) is 1. The van der Waals surface area contributed by atoms with E-state index in [1.54, 1.807) is 18.2 Å². The maximum absolute atomic E-state index is 13.2. The number of likely N-dealkylation sites (tertiary alicyclic amines) is 1. The van der Waals surface area contributed by atoms with Gasteiger partial charge in [-0.2, -0.15) is 0 Å². The van der Waals surface area contributed by atoms with Crippen molar-refractivity contribution in [2.45, 2.75) is 18.9 Å². The van der Waals surface area contributed by atoms with E-state index < -0.39 is 6.10 Å². The van der Waals surface area contributed by atoms with E-state index in [0.29, 0.717) is 41.5 Å². The molecule has 0 unspecified atom stereocenters. The third kappa shape index (κ3) is 4.27. The molecule has 3 aliphatic rings. The molecule has 0 saturated carbocycles. The van der Waals surface area contributed by atoms with Crippen LogP contribution in [0.2, 0.25) is 0 Å². The van der Waals surface area contributed by atoms with E-state index in [9.17, 15) is 14.7 Å². The number of nitrogens with zero attached hydrogens (tertiary/aromatic N) is 2. The largest absolute Gasteiger partial charge is 0.491 e. The summed E-state index contributed by atoms with van der Waals surface area (Å²) in [6, 6.07) is 16.6. The van der Waals surface area contributed by atoms with E-state index in [-0.39, 0.29) is 31.1 Å². The zero-order valence-electron chi connectivity index (χ0n) is 19.9. The first-order valence-electron chi connectivity index (χ1n) is 12.4. The van der Waals surface area contributed by atoms with Crippen molar-refractivity contribution in [3.05, 3.63) is 65.7 Å². The Hall–Kier alpha value is -3.62. The number of amides is 2. The number of fused-ring (bicyclic) bond motifs is 1. The van der Waals surface area contributed by atoms with Crippen LogP contribution in [0.1, 0.15) is 33.6 Å². The van der Waals surface area contributed by atoms with Gasteiger partial charge in [0, 0.05) is 35.7 Å². The molecule has 0 aliphatic carbocycles. The van der Waals surface area contributed by atoms with Crippen LogP contribution in [0.25, 0.3) is 10.8 Å². The van der Waals surface area contributed by atoms with Gasteiger partial charge >= 0.3 is 0 Å². The number of hydrogen-bond donors (Lipinski definition) is 1. The summed E-state index contributed by atoms with van der Waals surface area (Å²) in [5.41, 5.74) is 1.21. The topological polar surface area (TPSA) is 88.5 Å². The lowest BCUT2D eigenvalue weighted by Crippen LogP contribution is -2.46. The average molecular weight is 489 g/mol. The van der Waals surface area contributed by atoms with Crippen LogP contribution in [0, 0.1) is 5.92 Å². The van der Waals surface area contributed by atoms with Crippen molar-refractivity contribution in [3.8, 4) is 17.2 Å². The monoisotopic (exact) mass is 488 g/mol. The fourth-order valence-corrected chi connectivity index (χ4v) is 5.37. The van der Waals surface area contributed by atoms with Gasteiger partial charge in [0.15, 0.2) is 11.5 Å². The summed E-state index contributed by atoms with van der Waals surface area (Å²) in [5.74, 6) is 1.80. The number of imide groups is 1. The molecular weight excluding hydrogens is 460 g/mol. The van der Waals surface area contributed by atoms with E-state index >= 15 is 0 Å². The zero-order valence-corrected chi connectivity index (χ0v) is 19.9. The Morgan fingerprint density at radius 2 is 1.64 bits per heavy atom. The predicted molar refractivity (Wildman–Crippen MR) is 133 cm³/mol. The molecule has 3 aromatic carbocycles. The van der Waals surface area contributed by atoms with Gasteiger partial charge in [-0.25, -0.2) is 0 Å². The standard InChI is InChI=1S/C28H28N2O6/c31-20(16-34-21-7-8-24-25(13-21)36-17-35-24)15-29-11-9-18(10-12-29)14-30-27(32)22-5-1-3-19-4-2-6-23(26(19)22)28(30)33/h1-8,13,18,20,31H,9-12,14-17H2/t20-/m0/s1. The molecule has 8 heteroatoms. The van der Waals surface area contributed by atoms with Crippen molar-refractivity contribution in [2.24, 2.45) is 5.92 Å². The Morgan fingerprint density at radius 1 is 0.944 bits per heavy atom. The maximum Gasteiger partial charge on any atom is 0.261 e. The third-order valence-corrected chi connectivity index (χ3v) is 7.26. The van der Waals surface area contributed by atoms with Gasteiger partial charge < -0.3 is 24.2 Å². The molecule has 36 heavy (non-hydrogen) atoms. The van der Waals surface area contributed by atoms with E-state index in [4.69, 9.17) is 14.2 Å². The summed E-state index contributed by atoms with van der Waals surface area (Å²) >= 11 is 0. The molecule has 1 N–H and O–H groups in total. The van der Waals surface area contributed by atoms with Crippen molar-refractivity contribution >= 4 is 22.6 Å². The lowest BCUT2D eigenvalue weighted by molar-refractivity contribution is 0.0453. The van der Waals surface area contributed by atoms with Crippen molar-refractivity contribution in [1.82, 2.24) is 9.80 Å². The third-order valence-electron chi connectivity index (χ3n) is 7.26. The van der Waals surface area contributed by atoms with Gasteiger partial charge in [0.2, 0.25) is 6.79 Å². The fraction of sp³-hybridized carbons (Fsp3) is 0.357. The lowest BCUT2D eigenvalue weighted by atomic mass is 9.91. The number of aliphatic hydroxyl groups excluding tert-OH is 1. The van der Waals surface area contributed by atoms with Crippen molar-refractivity contribution in [3.63, 3.8) is 0 Å². The second-order valence-electron chi connectivity index (χ2n) is 9.65. The van der Waals surface area contributed by atoms with Crippen LogP contribution in [-0.2, 0) is 0 Å². The summed E-state index contributed by atoms with van der Waals surface area (Å²) < 4.78 is 16.4. The molecule has 0 bridgehead atoms. The normalized spacial score (nSPS) is 18.6. The highest BCUT2D eigenvalue weighted by Gasteiger charge is 2.35. The maximum atomic E-state index is 13.2. The van der Waals surface area contributed by atoms with Crippen molar-refractivity contribution < 1.29 is 28.9 Å². The molecule has 2 amide bonds. The van der Waals surface area contributed by atoms with Gasteiger partial charge in [-0.15, -0.1) is 0 Å². The molecule has 0 radical (unpaired) electrons. The molecule has 0 spiro atoms. The van der Waals surface area contributed by atoms with Crippen LogP contribution in [0.15, 0.2) is 54.6 Å². The second kappa shape index (κ2) is 9.44. The summed E-state index contributed by atoms with van der Waals surface area (Å²) in [7, 11) is 0. The smallest absolute Gasteiger partial charge is 0.261 e. The highest BCUT2D eigenvalue weighted by Crippen LogP contribution is 2.35. The average Bonchev–Trinajstić information content (AvgIpc) is 3.37. The number of piperidine rings is 1. The quantitative estimate of drug-likeness (QED) is 0.511. The number of rotatable bonds is 7. The minimum absolute atomic E-state index is 0.182. The van der Waals surface area contributed by atoms with Crippen molar-refractivity contribution in [1.29, 1.82) is 0 Å². The molecule has 8 nitrogen and oxygen atoms in total. The molecule has 186 valence electrons. The second-order valence-corrected chi connectivity index (χ2v) is 9.65. The van der Waals surface area contributed by atoms with Gasteiger partial charge in [-0.3, -0.25) is 14.5 Å². The minimum Gasteiger partial charge on any atom is -0.491 e. The summed E-state index contributed by atoms with van der Waals surface area (Å²) in [5, 5.41) is 12.2. The Morgan fingerprint density at radius 3 is 2.36 bits per heavy atom. The molecule has 0 aromatic heterocycles. The van der Waals surface area contributed by atoms with E-state index in [1.165, 1.54) is 4.90 Å². The van der Waals surface area contributed by atoms with Gasteiger partial charge in [0.1, 0.15) is 18.5 Å². The van der Waals surface area contributed by atoms with E-state index in [2.05, 4.69) is 4.90 Å². The zero-order chi connectivity index (χ0) is 24.6. The first-order valence-corrected chi connectivity index (χ1v) is 12.4. The van der Waals surface area contributed by atoms with Crippen molar-refractivity contribution in [2.75, 3.05) is 39.6 Å². The molecule has 1 fully saturated rings. The van der Waals surface area contributed by atoms with Crippen LogP contribution in [0.3, 0.4) is 0 Å². The summed E-state index contributed by atoms with van der Waals surface area (Å²) in [6.07, 6.45) is 1.09. The Balaban J connectivity index is 1.01. The lowest BCUT2D eigenvalue weighted by Gasteiger charge is -2.36. The molecular formula is C28H28N2O6. The number of carbonyl (C=O) groups is 2. The van der Waals surface area contributed by atoms with Gasteiger partial charge in [0.05, 0.1) is 0 Å². The molecule has 3 aliphatic heterocycles. The van der Waals surface area contributed by atoms with Gasteiger partial charge in [-0.1, -0.05) is 24.3 Å². The number of aliphatic hydroxyl groups is 1. The highest BCUT2D eigenvalue weighted by atomic mass is 16.7. The Kier molecular flexibility index (Phi) is 5.99. The Labute approximate surface area is 209 Å².